The molecular formula is C17H18FN3O2. The van der Waals surface area contributed by atoms with Crippen molar-refractivity contribution in [1.29, 1.82) is 0 Å². The minimum absolute atomic E-state index is 0.198. The van der Waals surface area contributed by atoms with Gasteiger partial charge < -0.3 is 9.64 Å². The third-order valence-electron chi connectivity index (χ3n) is 4.61. The lowest BCUT2D eigenvalue weighted by Gasteiger charge is -2.29. The first-order chi connectivity index (χ1) is 11.0. The van der Waals surface area contributed by atoms with E-state index in [1.165, 1.54) is 16.7 Å². The molecule has 0 aliphatic carbocycles. The largest absolute Gasteiger partial charge is 0.374 e. The molecule has 23 heavy (non-hydrogen) atoms. The summed E-state index contributed by atoms with van der Waals surface area (Å²) in [5.74, 6) is 0.234. The van der Waals surface area contributed by atoms with E-state index in [4.69, 9.17) is 4.74 Å². The molecule has 2 saturated heterocycles. The van der Waals surface area contributed by atoms with Crippen LogP contribution in [0.5, 0.6) is 0 Å². The van der Waals surface area contributed by atoms with E-state index in [0.717, 1.165) is 13.0 Å². The Kier molecular flexibility index (Phi) is 3.23. The predicted molar refractivity (Wildman–Crippen MR) is 84.8 cm³/mol. The number of nitrogens with zero attached hydrogens (tertiary/aromatic N) is 3. The number of rotatable bonds is 2. The molecule has 120 valence electrons. The SMILES string of the molecule is Cc1cc(=O)n(-c2ccc(N3CC4CC3CO4)c(F)c2)c(C)n1. The molecule has 2 bridgehead atoms. The third-order valence-corrected chi connectivity index (χ3v) is 4.61. The molecule has 2 fully saturated rings. The zero-order valence-corrected chi connectivity index (χ0v) is 13.1. The van der Waals surface area contributed by atoms with Gasteiger partial charge in [-0.05, 0) is 32.4 Å². The molecule has 1 aromatic heterocycles. The Hall–Kier alpha value is -2.21. The Morgan fingerprint density at radius 3 is 2.74 bits per heavy atom. The lowest BCUT2D eigenvalue weighted by atomic mass is 10.2. The van der Waals surface area contributed by atoms with E-state index in [1.54, 1.807) is 26.0 Å². The summed E-state index contributed by atoms with van der Waals surface area (Å²) in [6, 6.07) is 6.64. The van der Waals surface area contributed by atoms with Gasteiger partial charge in [-0.2, -0.15) is 0 Å². The number of anilines is 1. The highest BCUT2D eigenvalue weighted by atomic mass is 19.1. The highest BCUT2D eigenvalue weighted by Crippen LogP contribution is 2.34. The molecule has 0 spiro atoms. The predicted octanol–water partition coefficient (Wildman–Crippen LogP) is 1.97. The summed E-state index contributed by atoms with van der Waals surface area (Å²) in [5, 5.41) is 0. The van der Waals surface area contributed by atoms with Gasteiger partial charge in [-0.25, -0.2) is 9.37 Å². The second-order valence-corrected chi connectivity index (χ2v) is 6.25. The van der Waals surface area contributed by atoms with Crippen LogP contribution < -0.4 is 10.5 Å². The second-order valence-electron chi connectivity index (χ2n) is 6.25. The summed E-state index contributed by atoms with van der Waals surface area (Å²) in [4.78, 5) is 18.5. The zero-order valence-electron chi connectivity index (χ0n) is 13.1. The number of hydrogen-bond acceptors (Lipinski definition) is 4. The molecule has 2 aliphatic rings. The Balaban J connectivity index is 1.73. The number of halogens is 1. The first kappa shape index (κ1) is 14.4. The molecule has 2 aliphatic heterocycles. The van der Waals surface area contributed by atoms with Crippen molar-refractivity contribution in [3.63, 3.8) is 0 Å². The van der Waals surface area contributed by atoms with Crippen LogP contribution in [0.2, 0.25) is 0 Å². The van der Waals surface area contributed by atoms with Crippen LogP contribution in [0, 0.1) is 19.7 Å². The van der Waals surface area contributed by atoms with Gasteiger partial charge in [0.25, 0.3) is 5.56 Å². The van der Waals surface area contributed by atoms with Gasteiger partial charge in [-0.15, -0.1) is 0 Å². The summed E-state index contributed by atoms with van der Waals surface area (Å²) in [7, 11) is 0. The van der Waals surface area contributed by atoms with Crippen molar-refractivity contribution in [2.24, 2.45) is 0 Å². The average Bonchev–Trinajstić information content (AvgIpc) is 3.09. The molecular weight excluding hydrogens is 297 g/mol. The standard InChI is InChI=1S/C17H18FN3O2/c1-10-5-17(22)21(11(2)19-10)12-3-4-16(15(18)7-12)20-8-14-6-13(20)9-23-14/h3-5,7,13-14H,6,8-9H2,1-2H3. The summed E-state index contributed by atoms with van der Waals surface area (Å²) in [5.41, 5.74) is 1.54. The lowest BCUT2D eigenvalue weighted by molar-refractivity contribution is 0.0989. The lowest BCUT2D eigenvalue weighted by Crippen LogP contribution is -2.37. The van der Waals surface area contributed by atoms with Gasteiger partial charge in [0.15, 0.2) is 0 Å². The number of aromatic nitrogens is 2. The summed E-state index contributed by atoms with van der Waals surface area (Å²) < 4.78 is 21.6. The van der Waals surface area contributed by atoms with Gasteiger partial charge in [0.2, 0.25) is 0 Å². The van der Waals surface area contributed by atoms with Gasteiger partial charge in [0, 0.05) is 24.4 Å². The van der Waals surface area contributed by atoms with Crippen LogP contribution in [0.1, 0.15) is 17.9 Å². The maximum absolute atomic E-state index is 14.6. The van der Waals surface area contributed by atoms with Gasteiger partial charge in [0.05, 0.1) is 30.1 Å². The Labute approximate surface area is 133 Å². The fourth-order valence-corrected chi connectivity index (χ4v) is 3.62. The smallest absolute Gasteiger partial charge is 0.258 e. The summed E-state index contributed by atoms with van der Waals surface area (Å²) in [6.45, 7) is 4.90. The third kappa shape index (κ3) is 2.34. The van der Waals surface area contributed by atoms with Crippen molar-refractivity contribution in [3.05, 3.63) is 52.0 Å². The quantitative estimate of drug-likeness (QED) is 0.850. The molecule has 0 radical (unpaired) electrons. The first-order valence-electron chi connectivity index (χ1n) is 7.78. The van der Waals surface area contributed by atoms with E-state index >= 15 is 0 Å². The molecule has 0 N–H and O–H groups in total. The van der Waals surface area contributed by atoms with Crippen molar-refractivity contribution >= 4 is 5.69 Å². The minimum atomic E-state index is -0.318. The first-order valence-corrected chi connectivity index (χ1v) is 7.78. The molecule has 5 nitrogen and oxygen atoms in total. The van der Waals surface area contributed by atoms with Gasteiger partial charge in [-0.3, -0.25) is 9.36 Å². The fraction of sp³-hybridized carbons (Fsp3) is 0.412. The Morgan fingerprint density at radius 1 is 1.30 bits per heavy atom. The van der Waals surface area contributed by atoms with Crippen LogP contribution in [0.15, 0.2) is 29.1 Å². The number of benzene rings is 1. The number of fused-ring (bicyclic) bond motifs is 2. The number of morpholine rings is 1. The summed E-state index contributed by atoms with van der Waals surface area (Å²) in [6.07, 6.45) is 1.17. The molecule has 0 saturated carbocycles. The molecule has 2 atom stereocenters. The molecule has 1 aromatic carbocycles. The van der Waals surface area contributed by atoms with E-state index in [2.05, 4.69) is 9.88 Å². The highest BCUT2D eigenvalue weighted by molar-refractivity contribution is 5.55. The van der Waals surface area contributed by atoms with Crippen molar-refractivity contribution in [3.8, 4) is 5.69 Å². The van der Waals surface area contributed by atoms with E-state index < -0.39 is 0 Å². The maximum Gasteiger partial charge on any atom is 0.258 e. The van der Waals surface area contributed by atoms with Crippen LogP contribution >= 0.6 is 0 Å². The topological polar surface area (TPSA) is 47.4 Å². The number of hydrogen-bond donors (Lipinski definition) is 0. The normalized spacial score (nSPS) is 22.8. The van der Waals surface area contributed by atoms with E-state index in [1.807, 2.05) is 0 Å². The monoisotopic (exact) mass is 315 g/mol. The van der Waals surface area contributed by atoms with Crippen molar-refractivity contribution < 1.29 is 9.13 Å². The summed E-state index contributed by atoms with van der Waals surface area (Å²) >= 11 is 0. The van der Waals surface area contributed by atoms with Crippen molar-refractivity contribution in [1.82, 2.24) is 9.55 Å². The van der Waals surface area contributed by atoms with Crippen LogP contribution in [-0.4, -0.2) is 34.8 Å². The number of ether oxygens (including phenoxy) is 1. The van der Waals surface area contributed by atoms with Crippen LogP contribution in [-0.2, 0) is 4.74 Å². The van der Waals surface area contributed by atoms with Crippen LogP contribution in [0.25, 0.3) is 5.69 Å². The molecule has 3 heterocycles. The van der Waals surface area contributed by atoms with E-state index in [-0.39, 0.29) is 23.5 Å². The van der Waals surface area contributed by atoms with Crippen molar-refractivity contribution in [2.75, 3.05) is 18.1 Å². The van der Waals surface area contributed by atoms with Gasteiger partial charge in [0.1, 0.15) is 11.6 Å². The Bertz CT molecular complexity index is 833. The highest BCUT2D eigenvalue weighted by Gasteiger charge is 2.39. The van der Waals surface area contributed by atoms with Crippen molar-refractivity contribution in [2.45, 2.75) is 32.4 Å². The maximum atomic E-state index is 14.6. The van der Waals surface area contributed by atoms with E-state index in [0.29, 0.717) is 29.5 Å². The molecule has 6 heteroatoms. The van der Waals surface area contributed by atoms with E-state index in [9.17, 15) is 9.18 Å². The average molecular weight is 315 g/mol. The zero-order chi connectivity index (χ0) is 16.1. The van der Waals surface area contributed by atoms with Gasteiger partial charge >= 0.3 is 0 Å². The molecule has 0 amide bonds. The van der Waals surface area contributed by atoms with Gasteiger partial charge in [-0.1, -0.05) is 0 Å². The van der Waals surface area contributed by atoms with Crippen LogP contribution in [0.4, 0.5) is 10.1 Å². The second kappa shape index (κ2) is 5.16. The van der Waals surface area contributed by atoms with Crippen LogP contribution in [0.3, 0.4) is 0 Å². The Morgan fingerprint density at radius 2 is 2.13 bits per heavy atom. The molecule has 2 aromatic rings. The fourth-order valence-electron chi connectivity index (χ4n) is 3.62. The molecule has 2 unspecified atom stereocenters. The molecule has 4 rings (SSSR count). The number of aryl methyl sites for hydroxylation is 2. The minimum Gasteiger partial charge on any atom is -0.374 e.